The highest BCUT2D eigenvalue weighted by Crippen LogP contribution is 2.22. The number of fused-ring (bicyclic) bond motifs is 1. The van der Waals surface area contributed by atoms with Gasteiger partial charge in [0, 0.05) is 12.7 Å². The Morgan fingerprint density at radius 2 is 2.21 bits per heavy atom. The van der Waals surface area contributed by atoms with Crippen LogP contribution in [0.1, 0.15) is 23.4 Å². The smallest absolute Gasteiger partial charge is 0.344 e. The maximum absolute atomic E-state index is 12.8. The van der Waals surface area contributed by atoms with Crippen LogP contribution in [-0.4, -0.2) is 38.4 Å². The maximum atomic E-state index is 12.8. The number of likely N-dealkylation sites (tertiary alicyclic amines) is 1. The van der Waals surface area contributed by atoms with Crippen molar-refractivity contribution in [3.63, 3.8) is 0 Å². The molecule has 0 saturated carbocycles. The molecule has 0 aliphatic carbocycles. The van der Waals surface area contributed by atoms with Gasteiger partial charge in [-0.05, 0) is 30.4 Å². The van der Waals surface area contributed by atoms with Gasteiger partial charge >= 0.3 is 5.63 Å². The van der Waals surface area contributed by atoms with Crippen molar-refractivity contribution in [2.24, 2.45) is 0 Å². The van der Waals surface area contributed by atoms with Gasteiger partial charge in [0.15, 0.2) is 5.76 Å². The minimum Gasteiger partial charge on any atom is -0.417 e. The molecule has 1 saturated heterocycles. The van der Waals surface area contributed by atoms with Gasteiger partial charge in [-0.3, -0.25) is 9.48 Å². The number of carbonyl (C=O) groups is 1. The lowest BCUT2D eigenvalue weighted by molar-refractivity contribution is 0.0684. The largest absolute Gasteiger partial charge is 0.417 e. The first-order chi connectivity index (χ1) is 11.7. The number of rotatable bonds is 3. The average Bonchev–Trinajstić information content (AvgIpc) is 3.26. The van der Waals surface area contributed by atoms with Crippen LogP contribution in [0, 0.1) is 0 Å². The van der Waals surface area contributed by atoms with Gasteiger partial charge in [-0.15, -0.1) is 5.10 Å². The highest BCUT2D eigenvalue weighted by Gasteiger charge is 2.31. The van der Waals surface area contributed by atoms with Crippen LogP contribution in [0.3, 0.4) is 0 Å². The van der Waals surface area contributed by atoms with Crippen molar-refractivity contribution in [3.8, 4) is 0 Å². The molecule has 1 amide bonds. The molecular formula is C17H16N4O3. The van der Waals surface area contributed by atoms with Crippen molar-refractivity contribution in [3.05, 3.63) is 58.9 Å². The molecule has 0 radical (unpaired) electrons. The highest BCUT2D eigenvalue weighted by atomic mass is 16.4. The minimum absolute atomic E-state index is 0.0240. The van der Waals surface area contributed by atoms with E-state index in [1.807, 2.05) is 6.07 Å². The van der Waals surface area contributed by atoms with E-state index in [4.69, 9.17) is 4.42 Å². The second-order valence-electron chi connectivity index (χ2n) is 5.91. The molecule has 7 nitrogen and oxygen atoms in total. The van der Waals surface area contributed by atoms with Crippen molar-refractivity contribution < 1.29 is 9.21 Å². The molecule has 2 aromatic heterocycles. The molecule has 1 fully saturated rings. The minimum atomic E-state index is -0.483. The Bertz CT molecular complexity index is 932. The summed E-state index contributed by atoms with van der Waals surface area (Å²) in [5.41, 5.74) is -0.483. The zero-order valence-corrected chi connectivity index (χ0v) is 13.0. The number of hydrogen-bond donors (Lipinski definition) is 0. The van der Waals surface area contributed by atoms with E-state index >= 15 is 0 Å². The molecule has 0 unspecified atom stereocenters. The summed E-state index contributed by atoms with van der Waals surface area (Å²) in [5, 5.41) is 8.94. The van der Waals surface area contributed by atoms with Gasteiger partial charge < -0.3 is 9.32 Å². The molecule has 4 rings (SSSR count). The fourth-order valence-corrected chi connectivity index (χ4v) is 3.22. The third kappa shape index (κ3) is 2.58. The van der Waals surface area contributed by atoms with Crippen LogP contribution in [0.5, 0.6) is 0 Å². The van der Waals surface area contributed by atoms with Gasteiger partial charge in [-0.1, -0.05) is 23.4 Å². The van der Waals surface area contributed by atoms with E-state index in [1.165, 1.54) is 0 Å². The van der Waals surface area contributed by atoms with E-state index in [2.05, 4.69) is 10.3 Å². The number of amides is 1. The van der Waals surface area contributed by atoms with Crippen molar-refractivity contribution in [2.45, 2.75) is 25.4 Å². The molecule has 24 heavy (non-hydrogen) atoms. The highest BCUT2D eigenvalue weighted by molar-refractivity contribution is 5.95. The number of aromatic nitrogens is 3. The zero-order chi connectivity index (χ0) is 16.5. The first-order valence-electron chi connectivity index (χ1n) is 7.90. The van der Waals surface area contributed by atoms with E-state index < -0.39 is 5.63 Å². The maximum Gasteiger partial charge on any atom is 0.344 e. The molecule has 1 aromatic carbocycles. The van der Waals surface area contributed by atoms with E-state index in [0.717, 1.165) is 12.8 Å². The predicted octanol–water partition coefficient (Wildman–Crippen LogP) is 1.69. The predicted molar refractivity (Wildman–Crippen MR) is 86.6 cm³/mol. The summed E-state index contributed by atoms with van der Waals surface area (Å²) in [6.07, 6.45) is 5.20. The van der Waals surface area contributed by atoms with Crippen molar-refractivity contribution in [1.29, 1.82) is 0 Å². The number of hydrogen-bond acceptors (Lipinski definition) is 5. The third-order valence-electron chi connectivity index (χ3n) is 4.39. The number of benzene rings is 1. The summed E-state index contributed by atoms with van der Waals surface area (Å²) in [7, 11) is 0. The number of carbonyl (C=O) groups excluding carboxylic acids is 1. The summed E-state index contributed by atoms with van der Waals surface area (Å²) >= 11 is 0. The van der Waals surface area contributed by atoms with Crippen LogP contribution >= 0.6 is 0 Å². The van der Waals surface area contributed by atoms with Gasteiger partial charge in [0.1, 0.15) is 0 Å². The summed E-state index contributed by atoms with van der Waals surface area (Å²) in [5.74, 6) is -0.162. The molecular weight excluding hydrogens is 308 g/mol. The Kier molecular flexibility index (Phi) is 3.60. The van der Waals surface area contributed by atoms with Gasteiger partial charge in [0.05, 0.1) is 24.2 Å². The lowest BCUT2D eigenvalue weighted by Gasteiger charge is -2.23. The van der Waals surface area contributed by atoms with Crippen LogP contribution in [0.25, 0.3) is 10.8 Å². The SMILES string of the molecule is O=C(c1cc2ccccc2c(=O)o1)N1CCC[C@H]1Cn1ccnn1. The lowest BCUT2D eigenvalue weighted by atomic mass is 10.1. The Hall–Kier alpha value is -2.96. The summed E-state index contributed by atoms with van der Waals surface area (Å²) in [6, 6.07) is 8.77. The van der Waals surface area contributed by atoms with Crippen LogP contribution in [0.2, 0.25) is 0 Å². The molecule has 1 atom stereocenters. The van der Waals surface area contributed by atoms with E-state index in [0.29, 0.717) is 23.9 Å². The van der Waals surface area contributed by atoms with Gasteiger partial charge in [0.25, 0.3) is 5.91 Å². The topological polar surface area (TPSA) is 81.2 Å². The third-order valence-corrected chi connectivity index (χ3v) is 4.39. The first-order valence-corrected chi connectivity index (χ1v) is 7.90. The Labute approximate surface area is 137 Å². The van der Waals surface area contributed by atoms with Crippen molar-refractivity contribution in [2.75, 3.05) is 6.54 Å². The van der Waals surface area contributed by atoms with Crippen LogP contribution in [0.15, 0.2) is 51.9 Å². The second-order valence-corrected chi connectivity index (χ2v) is 5.91. The summed E-state index contributed by atoms with van der Waals surface area (Å²) in [6.45, 7) is 1.23. The van der Waals surface area contributed by atoms with Crippen LogP contribution in [0.4, 0.5) is 0 Å². The van der Waals surface area contributed by atoms with Crippen molar-refractivity contribution in [1.82, 2.24) is 19.9 Å². The monoisotopic (exact) mass is 324 g/mol. The molecule has 7 heteroatoms. The van der Waals surface area contributed by atoms with Crippen LogP contribution < -0.4 is 5.63 Å². The second kappa shape index (κ2) is 5.92. The molecule has 1 aliphatic rings. The summed E-state index contributed by atoms with van der Waals surface area (Å²) in [4.78, 5) is 26.7. The molecule has 0 N–H and O–H groups in total. The standard InChI is InChI=1S/C17H16N4O3/c22-16(15-10-12-4-1-2-6-14(12)17(23)24-15)21-8-3-5-13(21)11-20-9-7-18-19-20/h1-2,4,6-7,9-10,13H,3,5,8,11H2/t13-/m0/s1. The molecule has 3 heterocycles. The van der Waals surface area contributed by atoms with E-state index in [-0.39, 0.29) is 17.7 Å². The fraction of sp³-hybridized carbons (Fsp3) is 0.294. The van der Waals surface area contributed by atoms with E-state index in [9.17, 15) is 9.59 Å². The quantitative estimate of drug-likeness (QED) is 0.732. The van der Waals surface area contributed by atoms with Crippen LogP contribution in [-0.2, 0) is 6.54 Å². The van der Waals surface area contributed by atoms with Gasteiger partial charge in [-0.25, -0.2) is 4.79 Å². The normalized spacial score (nSPS) is 17.5. The molecule has 1 aliphatic heterocycles. The van der Waals surface area contributed by atoms with Gasteiger partial charge in [-0.2, -0.15) is 0 Å². The Morgan fingerprint density at radius 1 is 1.33 bits per heavy atom. The fourth-order valence-electron chi connectivity index (χ4n) is 3.22. The molecule has 0 spiro atoms. The molecule has 0 bridgehead atoms. The average molecular weight is 324 g/mol. The Balaban J connectivity index is 1.64. The van der Waals surface area contributed by atoms with Gasteiger partial charge in [0.2, 0.25) is 0 Å². The summed E-state index contributed by atoms with van der Waals surface area (Å²) < 4.78 is 6.98. The first kappa shape index (κ1) is 14.6. The Morgan fingerprint density at radius 3 is 3.04 bits per heavy atom. The number of nitrogens with zero attached hydrogens (tertiary/aromatic N) is 4. The lowest BCUT2D eigenvalue weighted by Crippen LogP contribution is -2.38. The molecule has 3 aromatic rings. The zero-order valence-electron chi connectivity index (χ0n) is 13.0. The van der Waals surface area contributed by atoms with E-state index in [1.54, 1.807) is 46.2 Å². The molecule has 122 valence electrons. The van der Waals surface area contributed by atoms with Crippen molar-refractivity contribution >= 4 is 16.7 Å².